The maximum atomic E-state index is 13.0. The number of aliphatic carboxylic acids is 1. The minimum atomic E-state index is -1.19. The number of nitrogens with two attached hydrogens (primary N) is 1. The third-order valence-corrected chi connectivity index (χ3v) is 7.72. The van der Waals surface area contributed by atoms with Crippen LogP contribution < -0.4 is 15.6 Å². The van der Waals surface area contributed by atoms with Crippen LogP contribution in [-0.2, 0) is 25.8 Å². The van der Waals surface area contributed by atoms with Crippen LogP contribution in [0.5, 0.6) is 0 Å². The van der Waals surface area contributed by atoms with Gasteiger partial charge in [0.25, 0.3) is 11.8 Å². The Morgan fingerprint density at radius 2 is 2.25 bits per heavy atom. The molecule has 0 bridgehead atoms. The Hall–Kier alpha value is -3.91. The summed E-state index contributed by atoms with van der Waals surface area (Å²) in [7, 11) is 0. The summed E-state index contributed by atoms with van der Waals surface area (Å²) in [5, 5.41) is 17.7. The van der Waals surface area contributed by atoms with Crippen molar-refractivity contribution in [2.24, 2.45) is 5.16 Å². The number of rotatable bonds is 8. The van der Waals surface area contributed by atoms with Crippen molar-refractivity contribution < 1.29 is 28.9 Å². The molecule has 4 N–H and O–H groups in total. The van der Waals surface area contributed by atoms with Crippen LogP contribution in [0.4, 0.5) is 5.13 Å². The highest BCUT2D eigenvalue weighted by atomic mass is 32.2. The molecule has 0 radical (unpaired) electrons. The van der Waals surface area contributed by atoms with Gasteiger partial charge >= 0.3 is 5.97 Å². The van der Waals surface area contributed by atoms with Gasteiger partial charge in [0, 0.05) is 22.9 Å². The normalized spacial score (nSPS) is 19.8. The van der Waals surface area contributed by atoms with E-state index >= 15 is 0 Å². The van der Waals surface area contributed by atoms with E-state index in [4.69, 9.17) is 10.6 Å². The van der Waals surface area contributed by atoms with Crippen LogP contribution >= 0.6 is 23.1 Å². The van der Waals surface area contributed by atoms with E-state index in [1.165, 1.54) is 16.7 Å². The van der Waals surface area contributed by atoms with Gasteiger partial charge in [-0.1, -0.05) is 5.16 Å². The lowest BCUT2D eigenvalue weighted by atomic mass is 10.0. The van der Waals surface area contributed by atoms with E-state index in [1.807, 2.05) is 45.9 Å². The van der Waals surface area contributed by atoms with Crippen LogP contribution in [0.15, 0.2) is 58.7 Å². The number of β-lactam (4-membered cyclic amide) rings is 1. The fourth-order valence-corrected chi connectivity index (χ4v) is 5.97. The molecule has 0 saturated carbocycles. The number of carbonyl (C=O) groups excluding carboxylic acids is 2. The lowest BCUT2D eigenvalue weighted by molar-refractivity contribution is -0.688. The molecular weight excluding hydrogens is 506 g/mol. The second-order valence-corrected chi connectivity index (χ2v) is 9.98. The number of amides is 2. The van der Waals surface area contributed by atoms with Gasteiger partial charge in [-0.3, -0.25) is 14.5 Å². The van der Waals surface area contributed by atoms with E-state index < -0.39 is 29.2 Å². The molecule has 12 nitrogen and oxygen atoms in total. The lowest BCUT2D eigenvalue weighted by Crippen LogP contribution is -2.71. The molecule has 1 fully saturated rings. The monoisotopic (exact) mass is 528 g/mol. The summed E-state index contributed by atoms with van der Waals surface area (Å²) in [5.41, 5.74) is 7.33. The van der Waals surface area contributed by atoms with Crippen LogP contribution in [0.1, 0.15) is 12.6 Å². The molecule has 2 aliphatic rings. The van der Waals surface area contributed by atoms with Crippen molar-refractivity contribution >= 4 is 57.2 Å². The molecule has 5 rings (SSSR count). The number of oxime groups is 1. The third-order valence-electron chi connectivity index (χ3n) is 5.70. The summed E-state index contributed by atoms with van der Waals surface area (Å²) >= 11 is 2.54. The zero-order valence-electron chi connectivity index (χ0n) is 19.0. The second-order valence-electron chi connectivity index (χ2n) is 7.99. The van der Waals surface area contributed by atoms with E-state index in [9.17, 15) is 19.5 Å². The van der Waals surface area contributed by atoms with E-state index in [1.54, 1.807) is 12.3 Å². The molecule has 186 valence electrons. The van der Waals surface area contributed by atoms with Crippen LogP contribution in [-0.4, -0.2) is 66.7 Å². The first kappa shape index (κ1) is 23.8. The number of hydrogen-bond donors (Lipinski definition) is 3. The van der Waals surface area contributed by atoms with Crippen molar-refractivity contribution in [3.8, 4) is 0 Å². The van der Waals surface area contributed by atoms with Gasteiger partial charge < -0.3 is 25.4 Å². The maximum absolute atomic E-state index is 13.0. The predicted molar refractivity (Wildman–Crippen MR) is 132 cm³/mol. The Balaban J connectivity index is 1.35. The smallest absolute Gasteiger partial charge is 0.352 e. The molecule has 14 heteroatoms. The average molecular weight is 529 g/mol. The van der Waals surface area contributed by atoms with Crippen molar-refractivity contribution in [3.63, 3.8) is 0 Å². The minimum Gasteiger partial charge on any atom is -0.477 e. The van der Waals surface area contributed by atoms with E-state index in [0.717, 1.165) is 16.9 Å². The quantitative estimate of drug-likeness (QED) is 0.165. The summed E-state index contributed by atoms with van der Waals surface area (Å²) in [5.74, 6) is -1.95. The average Bonchev–Trinajstić information content (AvgIpc) is 3.50. The molecule has 3 aromatic heterocycles. The highest BCUT2D eigenvalue weighted by Crippen LogP contribution is 2.40. The van der Waals surface area contributed by atoms with Gasteiger partial charge in [-0.25, -0.2) is 9.78 Å². The highest BCUT2D eigenvalue weighted by molar-refractivity contribution is 8.00. The minimum absolute atomic E-state index is 0.0486. The number of nitrogens with zero attached hydrogens (tertiary/aromatic N) is 5. The predicted octanol–water partition coefficient (Wildman–Crippen LogP) is 0.445. The molecular formula is C22H22N7O5S2+. The summed E-state index contributed by atoms with van der Waals surface area (Å²) in [6.07, 6.45) is 7.56. The SMILES string of the molecule is CCO/N=C(\C(=O)N[C@@H]1C(=O)N2C(C(=O)O)=C(C[n+]3ccn4cccc4c3)CS[C@H]12)c1csc(N)n1. The number of carboxylic acids is 1. The van der Waals surface area contributed by atoms with Crippen molar-refractivity contribution in [3.05, 3.63) is 59.3 Å². The zero-order chi connectivity index (χ0) is 25.4. The first-order valence-electron chi connectivity index (χ1n) is 10.9. The van der Waals surface area contributed by atoms with Crippen molar-refractivity contribution in [1.82, 2.24) is 19.6 Å². The van der Waals surface area contributed by atoms with Gasteiger partial charge in [-0.05, 0) is 19.1 Å². The second kappa shape index (κ2) is 9.62. The number of anilines is 1. The van der Waals surface area contributed by atoms with Gasteiger partial charge in [-0.15, -0.1) is 23.1 Å². The standard InChI is InChI=1S/C22H21N7O5S2/c1-2-34-26-15(14-11-36-22(23)24-14)18(30)25-16-19(31)29-17(21(32)33)12(10-35-20(16)29)8-27-6-7-28-5-3-4-13(28)9-27/h3-7,9,11,16,20H,2,8,10H2,1H3,(H3-,23,24,25,30,32,33)/p+1/b26-15-/t16-,20-/m1/s1. The van der Waals surface area contributed by atoms with Crippen LogP contribution in [0.2, 0.25) is 0 Å². The Kier molecular flexibility index (Phi) is 6.36. The molecule has 0 aliphatic carbocycles. The zero-order valence-corrected chi connectivity index (χ0v) is 20.7. The number of thiazole rings is 1. The number of aromatic nitrogens is 3. The number of thioether (sulfide) groups is 1. The maximum Gasteiger partial charge on any atom is 0.352 e. The van der Waals surface area contributed by atoms with E-state index in [2.05, 4.69) is 15.5 Å². The molecule has 1 saturated heterocycles. The molecule has 0 spiro atoms. The topological polar surface area (TPSA) is 156 Å². The third kappa shape index (κ3) is 4.28. The number of hydrogen-bond acceptors (Lipinski definition) is 9. The Morgan fingerprint density at radius 1 is 1.42 bits per heavy atom. The number of nitrogens with one attached hydrogen (secondary N) is 1. The number of carboxylic acid groups (broad SMARTS) is 1. The Morgan fingerprint density at radius 3 is 2.97 bits per heavy atom. The van der Waals surface area contributed by atoms with Gasteiger partial charge in [0.1, 0.15) is 34.9 Å². The van der Waals surface area contributed by atoms with Gasteiger partial charge in [0.15, 0.2) is 29.8 Å². The van der Waals surface area contributed by atoms with Gasteiger partial charge in [0.2, 0.25) is 0 Å². The summed E-state index contributed by atoms with van der Waals surface area (Å²) in [4.78, 5) is 48.6. The largest absolute Gasteiger partial charge is 0.477 e. The molecule has 2 atom stereocenters. The molecule has 2 amide bonds. The van der Waals surface area contributed by atoms with Crippen molar-refractivity contribution in [2.75, 3.05) is 18.1 Å². The summed E-state index contributed by atoms with van der Waals surface area (Å²) in [6.45, 7) is 2.27. The Bertz CT molecular complexity index is 1430. The van der Waals surface area contributed by atoms with Crippen LogP contribution in [0.3, 0.4) is 0 Å². The van der Waals surface area contributed by atoms with Crippen LogP contribution in [0, 0.1) is 0 Å². The number of nitrogen functional groups attached to an aromatic ring is 1. The highest BCUT2D eigenvalue weighted by Gasteiger charge is 2.54. The summed E-state index contributed by atoms with van der Waals surface area (Å²) in [6, 6.07) is 2.96. The number of fused-ring (bicyclic) bond motifs is 2. The fraction of sp³-hybridized carbons (Fsp3) is 0.273. The van der Waals surface area contributed by atoms with Gasteiger partial charge in [-0.2, -0.15) is 4.57 Å². The van der Waals surface area contributed by atoms with Gasteiger partial charge in [0.05, 0.1) is 6.20 Å². The molecule has 0 aromatic carbocycles. The molecule has 36 heavy (non-hydrogen) atoms. The molecule has 0 unspecified atom stereocenters. The van der Waals surface area contributed by atoms with Crippen molar-refractivity contribution in [2.45, 2.75) is 24.9 Å². The molecule has 3 aromatic rings. The lowest BCUT2D eigenvalue weighted by Gasteiger charge is -2.49. The van der Waals surface area contributed by atoms with E-state index in [0.29, 0.717) is 17.9 Å². The first-order chi connectivity index (χ1) is 17.4. The number of carbonyl (C=O) groups is 3. The van der Waals surface area contributed by atoms with Crippen molar-refractivity contribution in [1.29, 1.82) is 0 Å². The summed E-state index contributed by atoms with van der Waals surface area (Å²) < 4.78 is 3.83. The Labute approximate surface area is 213 Å². The first-order valence-corrected chi connectivity index (χ1v) is 12.9. The molecule has 5 heterocycles. The fourth-order valence-electron chi connectivity index (χ4n) is 4.09. The molecule has 2 aliphatic heterocycles. The van der Waals surface area contributed by atoms with Crippen LogP contribution in [0.25, 0.3) is 5.52 Å². The van der Waals surface area contributed by atoms with E-state index in [-0.39, 0.29) is 28.8 Å².